The zero-order valence-corrected chi connectivity index (χ0v) is 12.6. The Kier molecular flexibility index (Phi) is 17.2. The lowest BCUT2D eigenvalue weighted by Gasteiger charge is -2.10. The number of hydrogen-bond donors (Lipinski definition) is 1. The van der Waals surface area contributed by atoms with Gasteiger partial charge in [-0.2, -0.15) is 0 Å². The zero-order chi connectivity index (χ0) is 16.7. The SMILES string of the molecule is CC(=O)O.CC(=O)OCC(C)OC(C)=O.COC(C)=O. The van der Waals surface area contributed by atoms with Gasteiger partial charge in [0, 0.05) is 27.7 Å². The van der Waals surface area contributed by atoms with E-state index >= 15 is 0 Å². The van der Waals surface area contributed by atoms with Crippen LogP contribution in [0, 0.1) is 0 Å². The Bertz CT molecular complexity index is 307. The molecule has 0 aliphatic rings. The number of carbonyl (C=O) groups is 4. The second-order valence-corrected chi connectivity index (χ2v) is 3.44. The van der Waals surface area contributed by atoms with E-state index in [2.05, 4.69) is 14.2 Å². The van der Waals surface area contributed by atoms with Crippen molar-refractivity contribution < 1.29 is 38.5 Å². The molecule has 118 valence electrons. The fourth-order valence-electron chi connectivity index (χ4n) is 0.552. The quantitative estimate of drug-likeness (QED) is 0.599. The van der Waals surface area contributed by atoms with Crippen LogP contribution in [0.25, 0.3) is 0 Å². The van der Waals surface area contributed by atoms with Gasteiger partial charge in [0.25, 0.3) is 5.97 Å². The molecule has 0 aromatic heterocycles. The summed E-state index contributed by atoms with van der Waals surface area (Å²) < 4.78 is 13.4. The molecule has 0 amide bonds. The van der Waals surface area contributed by atoms with Crippen LogP contribution < -0.4 is 0 Å². The standard InChI is InChI=1S/C7H12O4.C3H6O2.C2H4O2/c1-5(11-7(3)9)4-10-6(2)8;1-3(4)5-2;1-2(3)4/h5H,4H2,1-3H3;1-2H3;1H3,(H,3,4). The molecule has 1 unspecified atom stereocenters. The van der Waals surface area contributed by atoms with Crippen molar-refractivity contribution in [2.45, 2.75) is 40.7 Å². The van der Waals surface area contributed by atoms with Crippen LogP contribution in [0.2, 0.25) is 0 Å². The van der Waals surface area contributed by atoms with Crippen LogP contribution >= 0.6 is 0 Å². The van der Waals surface area contributed by atoms with Crippen molar-refractivity contribution in [3.05, 3.63) is 0 Å². The van der Waals surface area contributed by atoms with Gasteiger partial charge in [-0.15, -0.1) is 0 Å². The number of hydrogen-bond acceptors (Lipinski definition) is 7. The maximum absolute atomic E-state index is 10.3. The lowest BCUT2D eigenvalue weighted by atomic mass is 10.4. The molecule has 0 bridgehead atoms. The van der Waals surface area contributed by atoms with Crippen molar-refractivity contribution in [3.8, 4) is 0 Å². The third kappa shape index (κ3) is 44.6. The van der Waals surface area contributed by atoms with Crippen LogP contribution in [0.3, 0.4) is 0 Å². The fraction of sp³-hybridized carbons (Fsp3) is 0.667. The summed E-state index contributed by atoms with van der Waals surface area (Å²) in [6.45, 7) is 6.84. The molecule has 0 heterocycles. The lowest BCUT2D eigenvalue weighted by Crippen LogP contribution is -2.19. The molecule has 0 saturated carbocycles. The molecule has 0 aliphatic heterocycles. The van der Waals surface area contributed by atoms with Crippen molar-refractivity contribution >= 4 is 23.9 Å². The molecule has 0 aromatic carbocycles. The smallest absolute Gasteiger partial charge is 0.303 e. The summed E-state index contributed by atoms with van der Waals surface area (Å²) in [7, 11) is 1.35. The van der Waals surface area contributed by atoms with Crippen LogP contribution in [0.4, 0.5) is 0 Å². The molecule has 0 radical (unpaired) electrons. The van der Waals surface area contributed by atoms with E-state index in [1.165, 1.54) is 27.9 Å². The topological polar surface area (TPSA) is 116 Å². The van der Waals surface area contributed by atoms with E-state index < -0.39 is 5.97 Å². The van der Waals surface area contributed by atoms with E-state index in [4.69, 9.17) is 9.90 Å². The number of methoxy groups -OCH3 is 1. The fourth-order valence-corrected chi connectivity index (χ4v) is 0.552. The number of esters is 3. The van der Waals surface area contributed by atoms with E-state index in [1.807, 2.05) is 0 Å². The van der Waals surface area contributed by atoms with Crippen molar-refractivity contribution in [2.24, 2.45) is 0 Å². The zero-order valence-electron chi connectivity index (χ0n) is 12.6. The Morgan fingerprint density at radius 3 is 1.50 bits per heavy atom. The molecule has 1 atom stereocenters. The Morgan fingerprint density at radius 1 is 0.950 bits per heavy atom. The van der Waals surface area contributed by atoms with E-state index in [9.17, 15) is 14.4 Å². The number of rotatable bonds is 3. The molecule has 0 saturated heterocycles. The maximum Gasteiger partial charge on any atom is 0.303 e. The van der Waals surface area contributed by atoms with Crippen LogP contribution in [-0.2, 0) is 33.4 Å². The molecule has 8 nitrogen and oxygen atoms in total. The molecule has 1 N–H and O–H groups in total. The molecular formula is C12H22O8. The first kappa shape index (κ1) is 23.0. The second-order valence-electron chi connectivity index (χ2n) is 3.44. The van der Waals surface area contributed by atoms with E-state index in [-0.39, 0.29) is 30.6 Å². The molecule has 0 spiro atoms. The van der Waals surface area contributed by atoms with Gasteiger partial charge in [-0.25, -0.2) is 0 Å². The summed E-state index contributed by atoms with van der Waals surface area (Å²) in [5.41, 5.74) is 0. The molecule has 20 heavy (non-hydrogen) atoms. The molecular weight excluding hydrogens is 272 g/mol. The minimum Gasteiger partial charge on any atom is -0.481 e. The Balaban J connectivity index is -0.000000266. The third-order valence-corrected chi connectivity index (χ3v) is 1.18. The average molecular weight is 294 g/mol. The van der Waals surface area contributed by atoms with E-state index in [0.717, 1.165) is 6.92 Å². The Hall–Kier alpha value is -2.12. The highest BCUT2D eigenvalue weighted by atomic mass is 16.6. The van der Waals surface area contributed by atoms with Crippen molar-refractivity contribution in [3.63, 3.8) is 0 Å². The number of carbonyl (C=O) groups excluding carboxylic acids is 3. The van der Waals surface area contributed by atoms with Gasteiger partial charge in [0.15, 0.2) is 0 Å². The predicted molar refractivity (Wildman–Crippen MR) is 68.9 cm³/mol. The molecule has 0 aromatic rings. The summed E-state index contributed by atoms with van der Waals surface area (Å²) in [5.74, 6) is -1.82. The first-order valence-corrected chi connectivity index (χ1v) is 5.57. The monoisotopic (exact) mass is 294 g/mol. The van der Waals surface area contributed by atoms with Gasteiger partial charge in [-0.1, -0.05) is 0 Å². The average Bonchev–Trinajstić information content (AvgIpc) is 2.25. The first-order valence-electron chi connectivity index (χ1n) is 5.57. The lowest BCUT2D eigenvalue weighted by molar-refractivity contribution is -0.155. The normalized spacial score (nSPS) is 9.50. The summed E-state index contributed by atoms with van der Waals surface area (Å²) >= 11 is 0. The van der Waals surface area contributed by atoms with Gasteiger partial charge in [0.05, 0.1) is 7.11 Å². The van der Waals surface area contributed by atoms with Gasteiger partial charge in [-0.05, 0) is 6.92 Å². The Labute approximate surface area is 118 Å². The summed E-state index contributed by atoms with van der Waals surface area (Å²) in [6, 6.07) is 0. The molecule has 8 heteroatoms. The second kappa shape index (κ2) is 14.9. The van der Waals surface area contributed by atoms with Gasteiger partial charge in [0.1, 0.15) is 12.7 Å². The van der Waals surface area contributed by atoms with Gasteiger partial charge >= 0.3 is 17.9 Å². The molecule has 0 aliphatic carbocycles. The van der Waals surface area contributed by atoms with Crippen LogP contribution in [0.15, 0.2) is 0 Å². The van der Waals surface area contributed by atoms with Gasteiger partial charge < -0.3 is 19.3 Å². The minimum absolute atomic E-state index is 0.120. The minimum atomic E-state index is -0.833. The van der Waals surface area contributed by atoms with Crippen molar-refractivity contribution in [1.29, 1.82) is 0 Å². The highest BCUT2D eigenvalue weighted by Gasteiger charge is 2.06. The number of carboxylic acids is 1. The summed E-state index contributed by atoms with van der Waals surface area (Å²) in [6.07, 6.45) is -0.364. The largest absolute Gasteiger partial charge is 0.481 e. The number of carboxylic acid groups (broad SMARTS) is 1. The number of ether oxygens (including phenoxy) is 3. The van der Waals surface area contributed by atoms with Gasteiger partial charge in [-0.3, -0.25) is 19.2 Å². The third-order valence-electron chi connectivity index (χ3n) is 1.18. The Morgan fingerprint density at radius 2 is 1.30 bits per heavy atom. The summed E-state index contributed by atoms with van der Waals surface area (Å²) in [4.78, 5) is 39.2. The number of aliphatic carboxylic acids is 1. The van der Waals surface area contributed by atoms with E-state index in [1.54, 1.807) is 6.92 Å². The van der Waals surface area contributed by atoms with Gasteiger partial charge in [0.2, 0.25) is 0 Å². The van der Waals surface area contributed by atoms with Crippen LogP contribution in [-0.4, -0.2) is 48.8 Å². The van der Waals surface area contributed by atoms with Crippen LogP contribution in [0.1, 0.15) is 34.6 Å². The molecule has 0 fully saturated rings. The molecule has 0 rings (SSSR count). The summed E-state index contributed by atoms with van der Waals surface area (Å²) in [5, 5.41) is 7.42. The maximum atomic E-state index is 10.3. The van der Waals surface area contributed by atoms with Crippen LogP contribution in [0.5, 0.6) is 0 Å². The predicted octanol–water partition coefficient (Wildman–Crippen LogP) is 0.771. The highest BCUT2D eigenvalue weighted by molar-refractivity contribution is 5.67. The van der Waals surface area contributed by atoms with Crippen molar-refractivity contribution in [1.82, 2.24) is 0 Å². The first-order chi connectivity index (χ1) is 9.02. The van der Waals surface area contributed by atoms with Crippen molar-refractivity contribution in [2.75, 3.05) is 13.7 Å². The van der Waals surface area contributed by atoms with E-state index in [0.29, 0.717) is 0 Å². The highest BCUT2D eigenvalue weighted by Crippen LogP contribution is 1.92.